The van der Waals surface area contributed by atoms with Crippen molar-refractivity contribution >= 4 is 40.1 Å². The molecule has 1 aromatic heterocycles. The van der Waals surface area contributed by atoms with Crippen molar-refractivity contribution in [3.05, 3.63) is 82.9 Å². The van der Waals surface area contributed by atoms with Crippen molar-refractivity contribution < 1.29 is 58.5 Å². The quantitative estimate of drug-likeness (QED) is 0.201. The van der Waals surface area contributed by atoms with E-state index in [1.54, 1.807) is 60.7 Å². The molecule has 0 amide bonds. The monoisotopic (exact) mass is 496 g/mol. The topological polar surface area (TPSA) is 111 Å². The maximum atomic E-state index is 13.6. The molecule has 0 saturated heterocycles. The molecule has 0 bridgehead atoms. The number of benzene rings is 3. The summed E-state index contributed by atoms with van der Waals surface area (Å²) in [5.41, 5.74) is 2.39. The number of fused-ring (bicyclic) bond motifs is 2. The van der Waals surface area contributed by atoms with Gasteiger partial charge in [0.1, 0.15) is 16.8 Å². The van der Waals surface area contributed by atoms with E-state index in [0.717, 1.165) is 11.7 Å². The third kappa shape index (κ3) is 5.08. The predicted octanol–water partition coefficient (Wildman–Crippen LogP) is 0.0617. The van der Waals surface area contributed by atoms with E-state index >= 15 is 0 Å². The van der Waals surface area contributed by atoms with Crippen molar-refractivity contribution in [2.45, 2.75) is 6.42 Å². The number of hydrogen-bond donors (Lipinski definition) is 0. The summed E-state index contributed by atoms with van der Waals surface area (Å²) in [6.45, 7) is 0.109. The molecule has 35 heavy (non-hydrogen) atoms. The molecule has 0 spiro atoms. The molecule has 0 aliphatic carbocycles. The molecule has 10 heteroatoms. The largest absolute Gasteiger partial charge is 1.00 e. The average molecular weight is 496 g/mol. The van der Waals surface area contributed by atoms with Gasteiger partial charge in [0.05, 0.1) is 24.8 Å². The maximum absolute atomic E-state index is 13.6. The van der Waals surface area contributed by atoms with Gasteiger partial charge < -0.3 is 24.1 Å². The molecule has 1 aliphatic heterocycles. The van der Waals surface area contributed by atoms with Gasteiger partial charge in [-0.15, -0.1) is 0 Å². The predicted molar refractivity (Wildman–Crippen MR) is 123 cm³/mol. The first-order valence-electron chi connectivity index (χ1n) is 10.3. The standard InChI is InChI=1S/C25H18N2O6S.Na/c1-31-17-6-3-15(4-7-17)24(28)18(10-14-2-9-21-22(11-14)33-13-32-21)23(25(29)30)16-5-8-19-20(12-16)27-34-26-19;/h2-9,11-12H,10,13H2,1H3,(H,29,30);/q;+1/p-1. The Morgan fingerprint density at radius 2 is 1.66 bits per heavy atom. The second-order valence-corrected chi connectivity index (χ2v) is 8.06. The minimum Gasteiger partial charge on any atom is -0.545 e. The van der Waals surface area contributed by atoms with Gasteiger partial charge in [0, 0.05) is 23.1 Å². The molecule has 0 atom stereocenters. The van der Waals surface area contributed by atoms with E-state index < -0.39 is 11.8 Å². The number of aromatic nitrogens is 2. The third-order valence-electron chi connectivity index (χ3n) is 5.49. The molecule has 1 aliphatic rings. The summed E-state index contributed by atoms with van der Waals surface area (Å²) in [5.74, 6) is -0.174. The van der Waals surface area contributed by atoms with Gasteiger partial charge in [-0.2, -0.15) is 8.75 Å². The van der Waals surface area contributed by atoms with Crippen molar-refractivity contribution in [1.29, 1.82) is 0 Å². The molecule has 8 nitrogen and oxygen atoms in total. The van der Waals surface area contributed by atoms with Gasteiger partial charge in [-0.1, -0.05) is 12.1 Å². The van der Waals surface area contributed by atoms with Gasteiger partial charge in [-0.05, 0) is 59.7 Å². The molecule has 0 fully saturated rings. The number of carbonyl (C=O) groups excluding carboxylic acids is 2. The summed E-state index contributed by atoms with van der Waals surface area (Å²) >= 11 is 1.03. The number of carboxylic acid groups (broad SMARTS) is 1. The number of allylic oxidation sites excluding steroid dienone is 1. The fraction of sp³-hybridized carbons (Fsp3) is 0.120. The van der Waals surface area contributed by atoms with Crippen LogP contribution in [0.2, 0.25) is 0 Å². The van der Waals surface area contributed by atoms with E-state index in [2.05, 4.69) is 8.75 Å². The van der Waals surface area contributed by atoms with Gasteiger partial charge >= 0.3 is 29.6 Å². The SMILES string of the molecule is COc1ccc(C(=O)C(Cc2ccc3c(c2)OCO3)=C(C(=O)[O-])c2ccc3nsnc3c2)cc1.[Na+]. The number of nitrogens with zero attached hydrogens (tertiary/aromatic N) is 2. The summed E-state index contributed by atoms with van der Waals surface area (Å²) in [6, 6.07) is 16.6. The molecule has 4 aromatic rings. The minimum atomic E-state index is -1.46. The summed E-state index contributed by atoms with van der Waals surface area (Å²) in [7, 11) is 1.53. The van der Waals surface area contributed by atoms with Crippen LogP contribution in [0.5, 0.6) is 17.2 Å². The van der Waals surface area contributed by atoms with E-state index in [9.17, 15) is 14.7 Å². The van der Waals surface area contributed by atoms with Crippen molar-refractivity contribution in [1.82, 2.24) is 8.75 Å². The number of rotatable bonds is 7. The fourth-order valence-corrected chi connectivity index (χ4v) is 4.32. The number of carbonyl (C=O) groups is 2. The van der Waals surface area contributed by atoms with Crippen LogP contribution in [0.15, 0.2) is 66.2 Å². The minimum absolute atomic E-state index is 0. The second kappa shape index (κ2) is 10.6. The molecule has 170 valence electrons. The zero-order valence-corrected chi connectivity index (χ0v) is 21.8. The van der Waals surface area contributed by atoms with Crippen LogP contribution in [0.25, 0.3) is 16.6 Å². The summed E-state index contributed by atoms with van der Waals surface area (Å²) in [4.78, 5) is 26.1. The normalized spacial score (nSPS) is 12.6. The third-order valence-corrected chi connectivity index (χ3v) is 6.05. The average Bonchev–Trinajstić information content (AvgIpc) is 3.51. The number of ether oxygens (including phenoxy) is 3. The Hall–Kier alpha value is -3.24. The number of ketones is 1. The summed E-state index contributed by atoms with van der Waals surface area (Å²) < 4.78 is 24.3. The number of aliphatic carboxylic acids is 1. The van der Waals surface area contributed by atoms with Gasteiger partial charge in [-0.3, -0.25) is 4.79 Å². The fourth-order valence-electron chi connectivity index (χ4n) is 3.81. The van der Waals surface area contributed by atoms with Crippen molar-refractivity contribution in [2.75, 3.05) is 13.9 Å². The first-order valence-corrected chi connectivity index (χ1v) is 11.0. The summed E-state index contributed by atoms with van der Waals surface area (Å²) in [5, 5.41) is 12.4. The molecule has 0 radical (unpaired) electrons. The number of Topliss-reactive ketones (excluding diaryl/α,β-unsaturated/α-hetero) is 1. The smallest absolute Gasteiger partial charge is 0.545 e. The van der Waals surface area contributed by atoms with Crippen LogP contribution >= 0.6 is 11.7 Å². The Morgan fingerprint density at radius 3 is 2.40 bits per heavy atom. The van der Waals surface area contributed by atoms with E-state index in [-0.39, 0.29) is 53.9 Å². The Labute approximate surface area is 226 Å². The molecular weight excluding hydrogens is 479 g/mol. The maximum Gasteiger partial charge on any atom is 1.00 e. The first-order chi connectivity index (χ1) is 16.5. The second-order valence-electron chi connectivity index (χ2n) is 7.53. The zero-order valence-electron chi connectivity index (χ0n) is 18.9. The molecule has 5 rings (SSSR count). The van der Waals surface area contributed by atoms with Crippen LogP contribution in [-0.2, 0) is 11.2 Å². The molecule has 3 aromatic carbocycles. The Balaban J connectivity index is 0.00000289. The van der Waals surface area contributed by atoms with Gasteiger partial charge in [0.2, 0.25) is 6.79 Å². The van der Waals surface area contributed by atoms with E-state index in [4.69, 9.17) is 14.2 Å². The molecule has 2 heterocycles. The summed E-state index contributed by atoms with van der Waals surface area (Å²) in [6.07, 6.45) is 0.0398. The number of hydrogen-bond acceptors (Lipinski definition) is 9. The van der Waals surface area contributed by atoms with Gasteiger partial charge in [0.25, 0.3) is 0 Å². The van der Waals surface area contributed by atoms with Crippen LogP contribution < -0.4 is 48.9 Å². The Kier molecular flexibility index (Phi) is 7.51. The van der Waals surface area contributed by atoms with Crippen LogP contribution in [0.3, 0.4) is 0 Å². The Bertz CT molecular complexity index is 1450. The van der Waals surface area contributed by atoms with Crippen molar-refractivity contribution in [3.63, 3.8) is 0 Å². The number of carboxylic acids is 1. The van der Waals surface area contributed by atoms with Crippen molar-refractivity contribution in [2.24, 2.45) is 0 Å². The first kappa shape index (κ1) is 24.9. The van der Waals surface area contributed by atoms with Crippen LogP contribution in [-0.4, -0.2) is 34.4 Å². The van der Waals surface area contributed by atoms with Crippen LogP contribution in [0, 0.1) is 0 Å². The van der Waals surface area contributed by atoms with Crippen LogP contribution in [0.1, 0.15) is 21.5 Å². The van der Waals surface area contributed by atoms with E-state index in [1.807, 2.05) is 0 Å². The van der Waals surface area contributed by atoms with Crippen molar-refractivity contribution in [3.8, 4) is 17.2 Å². The molecule has 0 N–H and O–H groups in total. The molecule has 0 unspecified atom stereocenters. The van der Waals surface area contributed by atoms with E-state index in [1.165, 1.54) is 7.11 Å². The van der Waals surface area contributed by atoms with Gasteiger partial charge in [0.15, 0.2) is 17.3 Å². The van der Waals surface area contributed by atoms with Crippen LogP contribution in [0.4, 0.5) is 0 Å². The Morgan fingerprint density at radius 1 is 0.943 bits per heavy atom. The van der Waals surface area contributed by atoms with E-state index in [0.29, 0.717) is 45.0 Å². The van der Waals surface area contributed by atoms with Gasteiger partial charge in [-0.25, -0.2) is 0 Å². The molecular formula is C25H17N2NaO6S. The molecule has 0 saturated carbocycles. The zero-order chi connectivity index (χ0) is 23.7. The number of methoxy groups -OCH3 is 1.